The molecule has 7 nitrogen and oxygen atoms in total. The molecule has 11 heteroatoms. The van der Waals surface area contributed by atoms with Gasteiger partial charge >= 0.3 is 6.55 Å². The smallest absolute Gasteiger partial charge is 0.304 e. The van der Waals surface area contributed by atoms with E-state index in [-0.39, 0.29) is 16.5 Å². The summed E-state index contributed by atoms with van der Waals surface area (Å²) in [6.45, 7) is -0.358. The lowest BCUT2D eigenvalue weighted by Crippen LogP contribution is -2.47. The summed E-state index contributed by atoms with van der Waals surface area (Å²) >= 11 is 1.22. The minimum atomic E-state index is -3.56. The van der Waals surface area contributed by atoms with Crippen LogP contribution in [-0.2, 0) is 15.8 Å². The van der Waals surface area contributed by atoms with Gasteiger partial charge in [0, 0.05) is 44.8 Å². The molecule has 3 rings (SSSR count). The number of rotatable bonds is 6. The van der Waals surface area contributed by atoms with Crippen LogP contribution in [0.4, 0.5) is 8.78 Å². The lowest BCUT2D eigenvalue weighted by Gasteiger charge is -2.31. The van der Waals surface area contributed by atoms with Crippen LogP contribution in [-0.4, -0.2) is 65.4 Å². The normalized spacial score (nSPS) is 17.1. The fourth-order valence-electron chi connectivity index (χ4n) is 2.55. The van der Waals surface area contributed by atoms with Gasteiger partial charge in [-0.2, -0.15) is 13.1 Å². The Hall–Kier alpha value is -1.56. The summed E-state index contributed by atoms with van der Waals surface area (Å²) in [7, 11) is -1.60. The molecule has 142 valence electrons. The molecular formula is C15H19F2N5O2S2. The van der Waals surface area contributed by atoms with Crippen LogP contribution in [0.3, 0.4) is 0 Å². The molecule has 0 N–H and O–H groups in total. The van der Waals surface area contributed by atoms with Crippen LogP contribution in [0.25, 0.3) is 0 Å². The molecule has 0 aromatic carbocycles. The van der Waals surface area contributed by atoms with E-state index in [9.17, 15) is 17.2 Å². The standard InChI is InChI=1S/C15H19F2N5O2S2/c1-20-6-8-21(9-7-20)26(23,24)12-2-3-14(19-10-12)25-11-13-18-4-5-22(13)15(16)17/h2-5,10,15H,6-9,11H2,1H3. The number of alkyl halides is 2. The monoisotopic (exact) mass is 403 g/mol. The highest BCUT2D eigenvalue weighted by Crippen LogP contribution is 2.24. The molecule has 2 aromatic heterocycles. The second-order valence-corrected chi connectivity index (χ2v) is 8.79. The molecule has 3 heterocycles. The Balaban J connectivity index is 1.65. The average molecular weight is 403 g/mol. The Kier molecular flexibility index (Phi) is 5.90. The number of halogens is 2. The van der Waals surface area contributed by atoms with Crippen molar-refractivity contribution in [1.29, 1.82) is 0 Å². The molecular weight excluding hydrogens is 384 g/mol. The zero-order chi connectivity index (χ0) is 18.7. The first-order valence-corrected chi connectivity index (χ1v) is 10.4. The molecule has 0 aliphatic carbocycles. The molecule has 0 radical (unpaired) electrons. The first-order chi connectivity index (χ1) is 12.4. The number of hydrogen-bond donors (Lipinski definition) is 0. The van der Waals surface area contributed by atoms with Gasteiger partial charge in [0.25, 0.3) is 0 Å². The summed E-state index contributed by atoms with van der Waals surface area (Å²) in [5, 5.41) is 0.547. The Morgan fingerprint density at radius 1 is 1.19 bits per heavy atom. The third-order valence-electron chi connectivity index (χ3n) is 4.12. The first-order valence-electron chi connectivity index (χ1n) is 7.95. The minimum absolute atomic E-state index is 0.139. The molecule has 0 saturated carbocycles. The maximum absolute atomic E-state index is 12.8. The van der Waals surface area contributed by atoms with Gasteiger partial charge in [-0.25, -0.2) is 18.4 Å². The predicted octanol–water partition coefficient (Wildman–Crippen LogP) is 1.90. The Morgan fingerprint density at radius 2 is 1.92 bits per heavy atom. The number of piperazine rings is 1. The SMILES string of the molecule is CN1CCN(S(=O)(=O)c2ccc(SCc3nccn3C(F)F)nc2)CC1. The number of likely N-dealkylation sites (N-methyl/N-ethyl adjacent to an activating group) is 1. The van der Waals surface area contributed by atoms with Gasteiger partial charge in [0.05, 0.1) is 10.8 Å². The summed E-state index contributed by atoms with van der Waals surface area (Å²) < 4.78 is 53.1. The van der Waals surface area contributed by atoms with Crippen molar-refractivity contribution in [1.82, 2.24) is 23.7 Å². The second kappa shape index (κ2) is 7.99. The maximum atomic E-state index is 12.8. The van der Waals surface area contributed by atoms with Gasteiger partial charge in [0.1, 0.15) is 10.7 Å². The first kappa shape index (κ1) is 19.2. The number of sulfonamides is 1. The Morgan fingerprint density at radius 3 is 2.54 bits per heavy atom. The summed E-state index contributed by atoms with van der Waals surface area (Å²) in [5.74, 6) is 0.454. The van der Waals surface area contributed by atoms with E-state index >= 15 is 0 Å². The average Bonchev–Trinajstić information content (AvgIpc) is 3.09. The molecule has 1 fully saturated rings. The highest BCUT2D eigenvalue weighted by molar-refractivity contribution is 7.98. The summed E-state index contributed by atoms with van der Waals surface area (Å²) in [4.78, 5) is 10.3. The van der Waals surface area contributed by atoms with Gasteiger partial charge in [0.2, 0.25) is 10.0 Å². The van der Waals surface area contributed by atoms with Crippen molar-refractivity contribution in [2.24, 2.45) is 0 Å². The van der Waals surface area contributed by atoms with Crippen LogP contribution in [0.1, 0.15) is 12.4 Å². The zero-order valence-corrected chi connectivity index (χ0v) is 15.8. The van der Waals surface area contributed by atoms with Crippen molar-refractivity contribution < 1.29 is 17.2 Å². The van der Waals surface area contributed by atoms with E-state index < -0.39 is 16.6 Å². The van der Waals surface area contributed by atoms with E-state index in [4.69, 9.17) is 0 Å². The molecule has 1 saturated heterocycles. The fourth-order valence-corrected chi connectivity index (χ4v) is 4.71. The third-order valence-corrected chi connectivity index (χ3v) is 6.94. The topological polar surface area (TPSA) is 71.3 Å². The molecule has 0 amide bonds. The van der Waals surface area contributed by atoms with Crippen LogP contribution in [0.15, 0.2) is 40.6 Å². The highest BCUT2D eigenvalue weighted by Gasteiger charge is 2.27. The quantitative estimate of drug-likeness (QED) is 0.686. The number of pyridine rings is 1. The van der Waals surface area contributed by atoms with Crippen LogP contribution in [0.5, 0.6) is 0 Å². The molecule has 0 spiro atoms. The largest absolute Gasteiger partial charge is 0.319 e. The van der Waals surface area contributed by atoms with Crippen molar-refractivity contribution in [3.8, 4) is 0 Å². The van der Waals surface area contributed by atoms with Gasteiger partial charge in [-0.05, 0) is 19.2 Å². The van der Waals surface area contributed by atoms with Gasteiger partial charge < -0.3 is 4.90 Å². The van der Waals surface area contributed by atoms with Crippen molar-refractivity contribution in [3.05, 3.63) is 36.5 Å². The fraction of sp³-hybridized carbons (Fsp3) is 0.467. The van der Waals surface area contributed by atoms with E-state index in [1.54, 1.807) is 6.07 Å². The van der Waals surface area contributed by atoms with E-state index in [1.807, 2.05) is 7.05 Å². The maximum Gasteiger partial charge on any atom is 0.319 e. The summed E-state index contributed by atoms with van der Waals surface area (Å²) in [6.07, 6.45) is 3.86. The van der Waals surface area contributed by atoms with Gasteiger partial charge in [-0.15, -0.1) is 0 Å². The molecule has 1 aliphatic rings. The molecule has 1 aliphatic heterocycles. The van der Waals surface area contributed by atoms with Crippen molar-refractivity contribution in [2.45, 2.75) is 22.2 Å². The lowest BCUT2D eigenvalue weighted by molar-refractivity contribution is 0.0678. The van der Waals surface area contributed by atoms with Crippen LogP contribution >= 0.6 is 11.8 Å². The van der Waals surface area contributed by atoms with Crippen LogP contribution in [0.2, 0.25) is 0 Å². The van der Waals surface area contributed by atoms with Crippen LogP contribution in [0, 0.1) is 0 Å². The van der Waals surface area contributed by atoms with Crippen molar-refractivity contribution in [3.63, 3.8) is 0 Å². The lowest BCUT2D eigenvalue weighted by atomic mass is 10.4. The van der Waals surface area contributed by atoms with Crippen molar-refractivity contribution in [2.75, 3.05) is 33.2 Å². The molecule has 0 unspecified atom stereocenters. The molecule has 26 heavy (non-hydrogen) atoms. The highest BCUT2D eigenvalue weighted by atomic mass is 32.2. The minimum Gasteiger partial charge on any atom is -0.304 e. The van der Waals surface area contributed by atoms with Gasteiger partial charge in [-0.3, -0.25) is 4.57 Å². The van der Waals surface area contributed by atoms with E-state index in [1.165, 1.54) is 40.7 Å². The van der Waals surface area contributed by atoms with Gasteiger partial charge in [-0.1, -0.05) is 11.8 Å². The summed E-state index contributed by atoms with van der Waals surface area (Å²) in [5.41, 5.74) is 0. The molecule has 2 aromatic rings. The number of nitrogens with zero attached hydrogens (tertiary/aromatic N) is 5. The predicted molar refractivity (Wildman–Crippen MR) is 93.5 cm³/mol. The van der Waals surface area contributed by atoms with Crippen molar-refractivity contribution >= 4 is 21.8 Å². The zero-order valence-electron chi connectivity index (χ0n) is 14.1. The Labute approximate surface area is 155 Å². The third kappa shape index (κ3) is 4.22. The number of aromatic nitrogens is 3. The van der Waals surface area contributed by atoms with E-state index in [0.717, 1.165) is 4.57 Å². The second-order valence-electron chi connectivity index (χ2n) is 5.86. The summed E-state index contributed by atoms with van der Waals surface area (Å²) in [6, 6.07) is 3.09. The number of thioether (sulfide) groups is 1. The Bertz CT molecular complexity index is 834. The van der Waals surface area contributed by atoms with Crippen LogP contribution < -0.4 is 0 Å². The number of hydrogen-bond acceptors (Lipinski definition) is 6. The molecule has 0 atom stereocenters. The van der Waals surface area contributed by atoms with E-state index in [2.05, 4.69) is 14.9 Å². The number of imidazole rings is 1. The van der Waals surface area contributed by atoms with Gasteiger partial charge in [0.15, 0.2) is 0 Å². The van der Waals surface area contributed by atoms with E-state index in [0.29, 0.717) is 31.2 Å². The molecule has 0 bridgehead atoms.